The van der Waals surface area contributed by atoms with Gasteiger partial charge in [0.2, 0.25) is 0 Å². The number of thioether (sulfide) groups is 1. The number of carbonyl (C=O) groups excluding carboxylic acids is 2. The standard InChI is InChI=1S/C22H24N2O7S/c1-22(2,3)31-21(28)23-18(20(26)27)13-32-12-14-4-6-15(7-5-14)19(25)16-8-10-17(11-9-16)24(29)30/h4-11,18H,12-13H2,1-3H3,(H,23,28)(H,26,27). The van der Waals surface area contributed by atoms with Crippen molar-refractivity contribution in [3.63, 3.8) is 0 Å². The van der Waals surface area contributed by atoms with Crippen molar-refractivity contribution in [3.05, 3.63) is 75.3 Å². The van der Waals surface area contributed by atoms with Gasteiger partial charge in [0.05, 0.1) is 4.92 Å². The molecular weight excluding hydrogens is 436 g/mol. The van der Waals surface area contributed by atoms with Crippen molar-refractivity contribution in [3.8, 4) is 0 Å². The summed E-state index contributed by atoms with van der Waals surface area (Å²) in [6.45, 7) is 5.06. The smallest absolute Gasteiger partial charge is 0.408 e. The van der Waals surface area contributed by atoms with Crippen LogP contribution < -0.4 is 5.32 Å². The number of nitrogens with zero attached hydrogens (tertiary/aromatic N) is 1. The number of hydrogen-bond acceptors (Lipinski definition) is 7. The molecule has 9 nitrogen and oxygen atoms in total. The van der Waals surface area contributed by atoms with Crippen LogP contribution >= 0.6 is 11.8 Å². The highest BCUT2D eigenvalue weighted by Gasteiger charge is 2.24. The SMILES string of the molecule is CC(C)(C)OC(=O)NC(CSCc1ccc(C(=O)c2ccc([N+](=O)[O-])cc2)cc1)C(=O)O. The predicted molar refractivity (Wildman–Crippen MR) is 120 cm³/mol. The van der Waals surface area contributed by atoms with E-state index in [9.17, 15) is 29.6 Å². The van der Waals surface area contributed by atoms with Gasteiger partial charge in [-0.15, -0.1) is 0 Å². The van der Waals surface area contributed by atoms with Gasteiger partial charge in [-0.2, -0.15) is 11.8 Å². The Morgan fingerprint density at radius 3 is 2.06 bits per heavy atom. The highest BCUT2D eigenvalue weighted by Crippen LogP contribution is 2.18. The third-order valence-electron chi connectivity index (χ3n) is 4.10. The highest BCUT2D eigenvalue weighted by molar-refractivity contribution is 7.98. The summed E-state index contributed by atoms with van der Waals surface area (Å²) in [5, 5.41) is 22.4. The number of carbonyl (C=O) groups is 3. The summed E-state index contributed by atoms with van der Waals surface area (Å²) < 4.78 is 5.09. The number of nitro benzene ring substituents is 1. The lowest BCUT2D eigenvalue weighted by atomic mass is 10.0. The molecule has 2 rings (SSSR count). The van der Waals surface area contributed by atoms with Crippen molar-refractivity contribution < 1.29 is 29.2 Å². The van der Waals surface area contributed by atoms with Crippen molar-refractivity contribution in [1.82, 2.24) is 5.32 Å². The highest BCUT2D eigenvalue weighted by atomic mass is 32.2. The van der Waals surface area contributed by atoms with Gasteiger partial charge in [0, 0.05) is 34.8 Å². The second-order valence-electron chi connectivity index (χ2n) is 7.88. The second kappa shape index (κ2) is 10.8. The first-order chi connectivity index (χ1) is 15.0. The van der Waals surface area contributed by atoms with Crippen LogP contribution in [0.1, 0.15) is 42.3 Å². The monoisotopic (exact) mass is 460 g/mol. The van der Waals surface area contributed by atoms with Crippen LogP contribution in [0.5, 0.6) is 0 Å². The molecule has 0 saturated carbocycles. The minimum Gasteiger partial charge on any atom is -0.480 e. The number of aliphatic carboxylic acids is 1. The molecule has 0 aliphatic rings. The summed E-state index contributed by atoms with van der Waals surface area (Å²) in [6.07, 6.45) is -0.792. The molecular formula is C22H24N2O7S. The fraction of sp³-hybridized carbons (Fsp3) is 0.318. The number of rotatable bonds is 9. The molecule has 0 spiro atoms. The van der Waals surface area contributed by atoms with E-state index in [-0.39, 0.29) is 17.2 Å². The maximum Gasteiger partial charge on any atom is 0.408 e. The Hall–Kier alpha value is -3.40. The summed E-state index contributed by atoms with van der Waals surface area (Å²) in [7, 11) is 0. The van der Waals surface area contributed by atoms with Crippen LogP contribution in [0.25, 0.3) is 0 Å². The number of ether oxygens (including phenoxy) is 1. The third-order valence-corrected chi connectivity index (χ3v) is 5.21. The molecule has 0 saturated heterocycles. The van der Waals surface area contributed by atoms with Crippen LogP contribution in [0, 0.1) is 10.1 Å². The predicted octanol–water partition coefficient (Wildman–Crippen LogP) is 4.04. The van der Waals surface area contributed by atoms with Gasteiger partial charge < -0.3 is 15.2 Å². The topological polar surface area (TPSA) is 136 Å². The molecule has 170 valence electrons. The first-order valence-corrected chi connectivity index (χ1v) is 10.8. The van der Waals surface area contributed by atoms with Crippen molar-refractivity contribution in [1.29, 1.82) is 0 Å². The minimum absolute atomic E-state index is 0.0882. The van der Waals surface area contributed by atoms with Gasteiger partial charge in [-0.25, -0.2) is 9.59 Å². The molecule has 0 aliphatic carbocycles. The average molecular weight is 461 g/mol. The van der Waals surface area contributed by atoms with E-state index in [0.717, 1.165) is 5.56 Å². The van der Waals surface area contributed by atoms with Crippen LogP contribution in [0.3, 0.4) is 0 Å². The van der Waals surface area contributed by atoms with Gasteiger partial charge in [-0.05, 0) is 38.5 Å². The Bertz CT molecular complexity index is 983. The van der Waals surface area contributed by atoms with E-state index in [0.29, 0.717) is 16.9 Å². The molecule has 0 bridgehead atoms. The normalized spacial score (nSPS) is 12.0. The third kappa shape index (κ3) is 7.69. The summed E-state index contributed by atoms with van der Waals surface area (Å²) in [6, 6.07) is 11.1. The number of hydrogen-bond donors (Lipinski definition) is 2. The summed E-state index contributed by atoms with van der Waals surface area (Å²) in [5.41, 5.74) is 0.831. The van der Waals surface area contributed by atoms with Crippen molar-refractivity contribution in [2.24, 2.45) is 0 Å². The number of benzene rings is 2. The molecule has 0 aliphatic heterocycles. The van der Waals surface area contributed by atoms with Crippen LogP contribution in [0.2, 0.25) is 0 Å². The maximum absolute atomic E-state index is 12.5. The molecule has 2 N–H and O–H groups in total. The molecule has 2 aromatic rings. The first kappa shape index (κ1) is 24.9. The van der Waals surface area contributed by atoms with Gasteiger partial charge in [-0.1, -0.05) is 24.3 Å². The molecule has 0 heterocycles. The molecule has 0 fully saturated rings. The molecule has 32 heavy (non-hydrogen) atoms. The zero-order chi connectivity index (χ0) is 23.9. The van der Waals surface area contributed by atoms with E-state index < -0.39 is 28.6 Å². The molecule has 1 amide bonds. The van der Waals surface area contributed by atoms with E-state index >= 15 is 0 Å². The number of alkyl carbamates (subject to hydrolysis) is 1. The molecule has 0 radical (unpaired) electrons. The number of nitro groups is 1. The zero-order valence-electron chi connectivity index (χ0n) is 17.9. The number of carboxylic acid groups (broad SMARTS) is 1. The first-order valence-electron chi connectivity index (χ1n) is 9.64. The number of nitrogens with one attached hydrogen (secondary N) is 1. The average Bonchev–Trinajstić information content (AvgIpc) is 2.71. The molecule has 2 aromatic carbocycles. The lowest BCUT2D eigenvalue weighted by Crippen LogP contribution is -2.44. The Balaban J connectivity index is 1.91. The maximum atomic E-state index is 12.5. The molecule has 1 unspecified atom stereocenters. The van der Waals surface area contributed by atoms with Crippen LogP contribution in [0.4, 0.5) is 10.5 Å². The van der Waals surface area contributed by atoms with Gasteiger partial charge in [-0.3, -0.25) is 14.9 Å². The van der Waals surface area contributed by atoms with E-state index in [2.05, 4.69) is 5.32 Å². The van der Waals surface area contributed by atoms with Crippen LogP contribution in [-0.2, 0) is 15.3 Å². The fourth-order valence-electron chi connectivity index (χ4n) is 2.57. The Labute approximate surface area is 189 Å². The largest absolute Gasteiger partial charge is 0.480 e. The summed E-state index contributed by atoms with van der Waals surface area (Å²) in [4.78, 5) is 45.9. The van der Waals surface area contributed by atoms with Gasteiger partial charge in [0.1, 0.15) is 11.6 Å². The van der Waals surface area contributed by atoms with Gasteiger partial charge >= 0.3 is 12.1 Å². The summed E-state index contributed by atoms with van der Waals surface area (Å²) in [5.74, 6) is -0.803. The second-order valence-corrected chi connectivity index (χ2v) is 8.91. The minimum atomic E-state index is -1.16. The van der Waals surface area contributed by atoms with E-state index in [1.54, 1.807) is 45.0 Å². The number of ketones is 1. The van der Waals surface area contributed by atoms with Crippen LogP contribution in [0.15, 0.2) is 48.5 Å². The molecule has 10 heteroatoms. The zero-order valence-corrected chi connectivity index (χ0v) is 18.7. The molecule has 1 atom stereocenters. The van der Waals surface area contributed by atoms with Crippen molar-refractivity contribution in [2.45, 2.75) is 38.2 Å². The van der Waals surface area contributed by atoms with Crippen molar-refractivity contribution in [2.75, 3.05) is 5.75 Å². The quantitative estimate of drug-likeness (QED) is 0.325. The van der Waals surface area contributed by atoms with E-state index in [1.807, 2.05) is 0 Å². The van der Waals surface area contributed by atoms with Gasteiger partial charge in [0.15, 0.2) is 5.78 Å². The van der Waals surface area contributed by atoms with Gasteiger partial charge in [0.25, 0.3) is 5.69 Å². The number of amides is 1. The van der Waals surface area contributed by atoms with E-state index in [1.165, 1.54) is 36.0 Å². The lowest BCUT2D eigenvalue weighted by molar-refractivity contribution is -0.384. The number of carboxylic acids is 1. The molecule has 0 aromatic heterocycles. The van der Waals surface area contributed by atoms with Crippen LogP contribution in [-0.4, -0.2) is 45.3 Å². The lowest BCUT2D eigenvalue weighted by Gasteiger charge is -2.21. The number of non-ortho nitro benzene ring substituents is 1. The van der Waals surface area contributed by atoms with E-state index in [4.69, 9.17) is 4.74 Å². The fourth-order valence-corrected chi connectivity index (χ4v) is 3.58. The Morgan fingerprint density at radius 2 is 1.59 bits per heavy atom. The Kier molecular flexibility index (Phi) is 8.36. The van der Waals surface area contributed by atoms with Crippen molar-refractivity contribution >= 4 is 35.3 Å². The Morgan fingerprint density at radius 1 is 1.06 bits per heavy atom. The summed E-state index contributed by atoms with van der Waals surface area (Å²) >= 11 is 1.32.